The molecular formula is C25H28O. The standard InChI is InChI=1S/C25H28O/c1-17-19-9-10-22-21(20(19)11-12-24(17)26)13-15-25(14-5-8-23(22)25)16-18-6-3-2-4-7-18/h2-4,6-7,11-12,21,26H,5,8-10,13-16H2,1H3. The Balaban J connectivity index is 1.57. The first-order valence-corrected chi connectivity index (χ1v) is 10.3. The third kappa shape index (κ3) is 2.36. The van der Waals surface area contributed by atoms with Crippen LogP contribution in [0.25, 0.3) is 0 Å². The summed E-state index contributed by atoms with van der Waals surface area (Å²) in [6.07, 6.45) is 10.2. The highest BCUT2D eigenvalue weighted by Gasteiger charge is 2.45. The van der Waals surface area contributed by atoms with Crippen LogP contribution >= 0.6 is 0 Å². The van der Waals surface area contributed by atoms with E-state index in [1.807, 2.05) is 11.6 Å². The highest BCUT2D eigenvalue weighted by Crippen LogP contribution is 2.59. The van der Waals surface area contributed by atoms with Crippen molar-refractivity contribution in [2.45, 2.75) is 64.2 Å². The minimum Gasteiger partial charge on any atom is -0.508 e. The summed E-state index contributed by atoms with van der Waals surface area (Å²) < 4.78 is 0. The summed E-state index contributed by atoms with van der Waals surface area (Å²) in [4.78, 5) is 0. The molecule has 0 aromatic heterocycles. The zero-order valence-electron chi connectivity index (χ0n) is 15.7. The molecule has 2 aromatic carbocycles. The summed E-state index contributed by atoms with van der Waals surface area (Å²) in [6, 6.07) is 15.2. The molecule has 3 aliphatic rings. The first-order valence-electron chi connectivity index (χ1n) is 10.3. The van der Waals surface area contributed by atoms with Gasteiger partial charge in [-0.05, 0) is 92.0 Å². The van der Waals surface area contributed by atoms with Gasteiger partial charge in [-0.1, -0.05) is 47.5 Å². The SMILES string of the molecule is Cc1c(O)ccc2c1CCC1=C3CCCC3(Cc3ccccc3)CCC12. The van der Waals surface area contributed by atoms with Crippen LogP contribution in [0.4, 0.5) is 0 Å². The number of fused-ring (bicyclic) bond motifs is 4. The van der Waals surface area contributed by atoms with Gasteiger partial charge in [0.15, 0.2) is 0 Å². The molecule has 0 aliphatic heterocycles. The maximum atomic E-state index is 10.1. The number of aromatic hydroxyl groups is 1. The molecular weight excluding hydrogens is 316 g/mol. The van der Waals surface area contributed by atoms with Crippen molar-refractivity contribution in [3.05, 3.63) is 75.9 Å². The van der Waals surface area contributed by atoms with Gasteiger partial charge in [-0.15, -0.1) is 0 Å². The summed E-state index contributed by atoms with van der Waals surface area (Å²) in [5.41, 5.74) is 9.55. The number of hydrogen-bond donors (Lipinski definition) is 1. The quantitative estimate of drug-likeness (QED) is 0.640. The largest absolute Gasteiger partial charge is 0.508 e. The Morgan fingerprint density at radius 2 is 1.85 bits per heavy atom. The number of rotatable bonds is 2. The van der Waals surface area contributed by atoms with Crippen LogP contribution in [0.15, 0.2) is 53.6 Å². The summed E-state index contributed by atoms with van der Waals surface area (Å²) in [7, 11) is 0. The molecule has 134 valence electrons. The zero-order valence-corrected chi connectivity index (χ0v) is 15.7. The molecule has 1 heteroatoms. The molecule has 0 saturated heterocycles. The Bertz CT molecular complexity index is 877. The Morgan fingerprint density at radius 3 is 2.69 bits per heavy atom. The van der Waals surface area contributed by atoms with E-state index in [2.05, 4.69) is 43.3 Å². The summed E-state index contributed by atoms with van der Waals surface area (Å²) in [5, 5.41) is 10.1. The van der Waals surface area contributed by atoms with Gasteiger partial charge in [0.2, 0.25) is 0 Å². The lowest BCUT2D eigenvalue weighted by molar-refractivity contribution is 0.288. The van der Waals surface area contributed by atoms with Gasteiger partial charge < -0.3 is 5.11 Å². The van der Waals surface area contributed by atoms with Crippen molar-refractivity contribution in [2.75, 3.05) is 0 Å². The molecule has 2 unspecified atom stereocenters. The number of hydrogen-bond acceptors (Lipinski definition) is 1. The van der Waals surface area contributed by atoms with Gasteiger partial charge in [0, 0.05) is 5.92 Å². The predicted octanol–water partition coefficient (Wildman–Crippen LogP) is 6.23. The Morgan fingerprint density at radius 1 is 1.00 bits per heavy atom. The van der Waals surface area contributed by atoms with E-state index in [-0.39, 0.29) is 0 Å². The van der Waals surface area contributed by atoms with Crippen LogP contribution in [-0.2, 0) is 12.8 Å². The molecule has 2 aromatic rings. The number of phenols is 1. The lowest BCUT2D eigenvalue weighted by Crippen LogP contribution is -2.31. The van der Waals surface area contributed by atoms with E-state index in [0.717, 1.165) is 12.0 Å². The topological polar surface area (TPSA) is 20.2 Å². The fraction of sp³-hybridized carbons (Fsp3) is 0.440. The highest BCUT2D eigenvalue weighted by atomic mass is 16.3. The fourth-order valence-electron chi connectivity index (χ4n) is 6.22. The molecule has 5 rings (SSSR count). The highest BCUT2D eigenvalue weighted by molar-refractivity contribution is 5.52. The summed E-state index contributed by atoms with van der Waals surface area (Å²) in [5.74, 6) is 1.07. The van der Waals surface area contributed by atoms with E-state index in [1.165, 1.54) is 61.6 Å². The van der Waals surface area contributed by atoms with Gasteiger partial charge >= 0.3 is 0 Å². The number of benzene rings is 2. The molecule has 0 radical (unpaired) electrons. The molecule has 0 amide bonds. The van der Waals surface area contributed by atoms with E-state index in [4.69, 9.17) is 0 Å². The zero-order chi connectivity index (χ0) is 17.7. The number of allylic oxidation sites excluding steroid dienone is 2. The first kappa shape index (κ1) is 16.2. The average molecular weight is 344 g/mol. The second-order valence-electron chi connectivity index (χ2n) is 8.67. The smallest absolute Gasteiger partial charge is 0.118 e. The molecule has 3 aliphatic carbocycles. The summed E-state index contributed by atoms with van der Waals surface area (Å²) >= 11 is 0. The van der Waals surface area contributed by atoms with Crippen molar-refractivity contribution in [1.29, 1.82) is 0 Å². The van der Waals surface area contributed by atoms with Gasteiger partial charge in [0.05, 0.1) is 0 Å². The first-order chi connectivity index (χ1) is 12.7. The van der Waals surface area contributed by atoms with Gasteiger partial charge in [-0.3, -0.25) is 0 Å². The lowest BCUT2D eigenvalue weighted by atomic mass is 9.61. The maximum Gasteiger partial charge on any atom is 0.118 e. The third-order valence-corrected chi connectivity index (χ3v) is 7.45. The van der Waals surface area contributed by atoms with Crippen molar-refractivity contribution in [1.82, 2.24) is 0 Å². The number of phenolic OH excluding ortho intramolecular Hbond substituents is 1. The van der Waals surface area contributed by atoms with Gasteiger partial charge in [0.25, 0.3) is 0 Å². The van der Waals surface area contributed by atoms with Crippen LogP contribution in [0.5, 0.6) is 5.75 Å². The van der Waals surface area contributed by atoms with Crippen molar-refractivity contribution in [3.8, 4) is 5.75 Å². The molecule has 1 fully saturated rings. The normalized spacial score (nSPS) is 27.0. The molecule has 26 heavy (non-hydrogen) atoms. The van der Waals surface area contributed by atoms with Crippen LogP contribution in [-0.4, -0.2) is 5.11 Å². The van der Waals surface area contributed by atoms with Crippen molar-refractivity contribution in [2.24, 2.45) is 5.41 Å². The van der Waals surface area contributed by atoms with Crippen molar-refractivity contribution in [3.63, 3.8) is 0 Å². The second kappa shape index (κ2) is 6.01. The maximum absolute atomic E-state index is 10.1. The van der Waals surface area contributed by atoms with Crippen LogP contribution < -0.4 is 0 Å². The van der Waals surface area contributed by atoms with Gasteiger partial charge in [-0.25, -0.2) is 0 Å². The monoisotopic (exact) mass is 344 g/mol. The van der Waals surface area contributed by atoms with E-state index in [1.54, 1.807) is 5.57 Å². The predicted molar refractivity (Wildman–Crippen MR) is 107 cm³/mol. The van der Waals surface area contributed by atoms with Crippen LogP contribution in [0, 0.1) is 12.3 Å². The van der Waals surface area contributed by atoms with Crippen molar-refractivity contribution < 1.29 is 5.11 Å². The van der Waals surface area contributed by atoms with Crippen LogP contribution in [0.2, 0.25) is 0 Å². The molecule has 0 bridgehead atoms. The second-order valence-corrected chi connectivity index (χ2v) is 8.67. The molecule has 2 atom stereocenters. The van der Waals surface area contributed by atoms with E-state index in [0.29, 0.717) is 17.1 Å². The van der Waals surface area contributed by atoms with Crippen LogP contribution in [0.1, 0.15) is 66.7 Å². The average Bonchev–Trinajstić information content (AvgIpc) is 3.09. The molecule has 1 N–H and O–H groups in total. The Kier molecular flexibility index (Phi) is 3.74. The fourth-order valence-corrected chi connectivity index (χ4v) is 6.22. The van der Waals surface area contributed by atoms with Crippen molar-refractivity contribution >= 4 is 0 Å². The third-order valence-electron chi connectivity index (χ3n) is 7.45. The molecule has 1 saturated carbocycles. The van der Waals surface area contributed by atoms with E-state index >= 15 is 0 Å². The molecule has 0 heterocycles. The Labute approximate surface area is 156 Å². The molecule has 0 spiro atoms. The Hall–Kier alpha value is -2.02. The summed E-state index contributed by atoms with van der Waals surface area (Å²) in [6.45, 7) is 2.09. The lowest BCUT2D eigenvalue weighted by Gasteiger charge is -2.43. The van der Waals surface area contributed by atoms with E-state index in [9.17, 15) is 5.11 Å². The van der Waals surface area contributed by atoms with Crippen LogP contribution in [0.3, 0.4) is 0 Å². The minimum atomic E-state index is 0.427. The van der Waals surface area contributed by atoms with Gasteiger partial charge in [0.1, 0.15) is 5.75 Å². The minimum absolute atomic E-state index is 0.427. The van der Waals surface area contributed by atoms with Gasteiger partial charge in [-0.2, -0.15) is 0 Å². The molecule has 1 nitrogen and oxygen atoms in total. The van der Waals surface area contributed by atoms with E-state index < -0.39 is 0 Å².